The molecule has 116 valence electrons. The Morgan fingerprint density at radius 1 is 1.43 bits per heavy atom. The van der Waals surface area contributed by atoms with Gasteiger partial charge in [0.25, 0.3) is 0 Å². The lowest BCUT2D eigenvalue weighted by molar-refractivity contribution is -0.122. The van der Waals surface area contributed by atoms with Crippen LogP contribution in [0.1, 0.15) is 12.5 Å². The average molecular weight is 312 g/mol. The van der Waals surface area contributed by atoms with Crippen LogP contribution in [0.2, 0.25) is 0 Å². The number of carbonyl (C=O) groups is 1. The van der Waals surface area contributed by atoms with Crippen LogP contribution in [0.15, 0.2) is 24.3 Å². The second-order valence-electron chi connectivity index (χ2n) is 5.41. The molecule has 2 atom stereocenters. The third kappa shape index (κ3) is 3.54. The first kappa shape index (κ1) is 15.8. The Bertz CT molecular complexity index is 630. The maximum absolute atomic E-state index is 12.4. The van der Waals surface area contributed by atoms with Crippen molar-refractivity contribution >= 4 is 15.9 Å². The molecule has 1 fully saturated rings. The SMILES string of the molecule is COc1cccc(CS(=O)(=O)N2C[C@@H](C)[C@H](C(N)=O)C2)c1. The average Bonchev–Trinajstić information content (AvgIpc) is 2.81. The van der Waals surface area contributed by atoms with Gasteiger partial charge in [-0.15, -0.1) is 0 Å². The normalized spacial score (nSPS) is 23.1. The molecule has 1 amide bonds. The number of amides is 1. The zero-order valence-electron chi connectivity index (χ0n) is 12.2. The van der Waals surface area contributed by atoms with Gasteiger partial charge in [-0.2, -0.15) is 0 Å². The number of nitrogens with two attached hydrogens (primary N) is 1. The predicted octanol–water partition coefficient (Wildman–Crippen LogP) is 0.578. The van der Waals surface area contributed by atoms with Crippen molar-refractivity contribution in [1.29, 1.82) is 0 Å². The lowest BCUT2D eigenvalue weighted by Gasteiger charge is -2.16. The quantitative estimate of drug-likeness (QED) is 0.861. The van der Waals surface area contributed by atoms with E-state index in [1.54, 1.807) is 24.3 Å². The van der Waals surface area contributed by atoms with Crippen molar-refractivity contribution in [3.05, 3.63) is 29.8 Å². The van der Waals surface area contributed by atoms with E-state index in [1.165, 1.54) is 11.4 Å². The van der Waals surface area contributed by atoms with Crippen LogP contribution >= 0.6 is 0 Å². The van der Waals surface area contributed by atoms with E-state index in [0.29, 0.717) is 17.9 Å². The van der Waals surface area contributed by atoms with Gasteiger partial charge in [0.1, 0.15) is 5.75 Å². The lowest BCUT2D eigenvalue weighted by Crippen LogP contribution is -2.32. The van der Waals surface area contributed by atoms with Crippen LogP contribution in [0.4, 0.5) is 0 Å². The Labute approximate surface area is 124 Å². The molecule has 0 radical (unpaired) electrons. The summed E-state index contributed by atoms with van der Waals surface area (Å²) < 4.78 is 31.3. The van der Waals surface area contributed by atoms with E-state index in [0.717, 1.165) is 0 Å². The van der Waals surface area contributed by atoms with Crippen LogP contribution in [0.3, 0.4) is 0 Å². The molecule has 0 unspecified atom stereocenters. The Kier molecular flexibility index (Phi) is 4.53. The summed E-state index contributed by atoms with van der Waals surface area (Å²) in [4.78, 5) is 11.3. The highest BCUT2D eigenvalue weighted by Crippen LogP contribution is 2.27. The minimum Gasteiger partial charge on any atom is -0.497 e. The third-order valence-corrected chi connectivity index (χ3v) is 5.60. The molecule has 2 rings (SSSR count). The Morgan fingerprint density at radius 3 is 2.71 bits per heavy atom. The lowest BCUT2D eigenvalue weighted by atomic mass is 9.98. The summed E-state index contributed by atoms with van der Waals surface area (Å²) in [5.74, 6) is -0.399. The highest BCUT2D eigenvalue weighted by Gasteiger charge is 2.39. The number of nitrogens with zero attached hydrogens (tertiary/aromatic N) is 1. The van der Waals surface area contributed by atoms with E-state index in [4.69, 9.17) is 10.5 Å². The van der Waals surface area contributed by atoms with E-state index in [-0.39, 0.29) is 18.2 Å². The zero-order valence-corrected chi connectivity index (χ0v) is 13.0. The molecular formula is C14H20N2O4S. The molecule has 21 heavy (non-hydrogen) atoms. The van der Waals surface area contributed by atoms with Crippen molar-refractivity contribution in [3.63, 3.8) is 0 Å². The molecule has 1 aliphatic heterocycles. The molecular weight excluding hydrogens is 292 g/mol. The van der Waals surface area contributed by atoms with E-state index in [9.17, 15) is 13.2 Å². The fourth-order valence-electron chi connectivity index (χ4n) is 2.58. The molecule has 0 saturated carbocycles. The number of hydrogen-bond acceptors (Lipinski definition) is 4. The molecule has 0 aliphatic carbocycles. The topological polar surface area (TPSA) is 89.7 Å². The number of hydrogen-bond donors (Lipinski definition) is 1. The zero-order chi connectivity index (χ0) is 15.6. The van der Waals surface area contributed by atoms with E-state index in [1.807, 2.05) is 6.92 Å². The van der Waals surface area contributed by atoms with Gasteiger partial charge < -0.3 is 10.5 Å². The molecule has 2 N–H and O–H groups in total. The van der Waals surface area contributed by atoms with Gasteiger partial charge in [-0.3, -0.25) is 4.79 Å². The van der Waals surface area contributed by atoms with Gasteiger partial charge in [-0.25, -0.2) is 12.7 Å². The summed E-state index contributed by atoms with van der Waals surface area (Å²) in [6, 6.07) is 6.95. The van der Waals surface area contributed by atoms with Crippen LogP contribution in [-0.4, -0.2) is 38.8 Å². The summed E-state index contributed by atoms with van der Waals surface area (Å²) in [6.07, 6.45) is 0. The van der Waals surface area contributed by atoms with Crippen molar-refractivity contribution in [2.24, 2.45) is 17.6 Å². The fraction of sp³-hybridized carbons (Fsp3) is 0.500. The first-order valence-corrected chi connectivity index (χ1v) is 8.34. The number of rotatable bonds is 5. The number of benzene rings is 1. The summed E-state index contributed by atoms with van der Waals surface area (Å²) in [6.45, 7) is 2.35. The van der Waals surface area contributed by atoms with E-state index in [2.05, 4.69) is 0 Å². The minimum absolute atomic E-state index is 0.0532. The Balaban J connectivity index is 2.14. The van der Waals surface area contributed by atoms with E-state index < -0.39 is 21.8 Å². The summed E-state index contributed by atoms with van der Waals surface area (Å²) in [5, 5.41) is 0. The highest BCUT2D eigenvalue weighted by molar-refractivity contribution is 7.88. The second-order valence-corrected chi connectivity index (χ2v) is 7.38. The minimum atomic E-state index is -3.47. The van der Waals surface area contributed by atoms with Crippen molar-refractivity contribution in [2.75, 3.05) is 20.2 Å². The maximum atomic E-state index is 12.4. The number of methoxy groups -OCH3 is 1. The van der Waals surface area contributed by atoms with Crippen LogP contribution in [-0.2, 0) is 20.6 Å². The van der Waals surface area contributed by atoms with Crippen molar-refractivity contribution in [3.8, 4) is 5.75 Å². The van der Waals surface area contributed by atoms with Crippen LogP contribution in [0.25, 0.3) is 0 Å². The molecule has 0 spiro atoms. The predicted molar refractivity (Wildman–Crippen MR) is 79.0 cm³/mol. The molecule has 1 aromatic carbocycles. The first-order chi connectivity index (χ1) is 9.83. The largest absolute Gasteiger partial charge is 0.497 e. The molecule has 1 heterocycles. The molecule has 1 aromatic rings. The van der Waals surface area contributed by atoms with Gasteiger partial charge in [0.15, 0.2) is 0 Å². The fourth-order valence-corrected chi connectivity index (χ4v) is 4.22. The number of ether oxygens (including phenoxy) is 1. The second kappa shape index (κ2) is 6.03. The monoisotopic (exact) mass is 312 g/mol. The van der Waals surface area contributed by atoms with Crippen LogP contribution in [0, 0.1) is 11.8 Å². The van der Waals surface area contributed by atoms with Crippen molar-refractivity contribution in [1.82, 2.24) is 4.31 Å². The summed E-state index contributed by atoms with van der Waals surface area (Å²) >= 11 is 0. The smallest absolute Gasteiger partial charge is 0.222 e. The van der Waals surface area contributed by atoms with Crippen molar-refractivity contribution in [2.45, 2.75) is 12.7 Å². The standard InChI is InChI=1S/C14H20N2O4S/c1-10-7-16(8-13(10)14(15)17)21(18,19)9-11-4-3-5-12(6-11)20-2/h3-6,10,13H,7-9H2,1-2H3,(H2,15,17)/t10-,13-/m1/s1. The summed E-state index contributed by atoms with van der Waals surface area (Å²) in [7, 11) is -1.93. The van der Waals surface area contributed by atoms with Gasteiger partial charge in [-0.05, 0) is 23.6 Å². The maximum Gasteiger partial charge on any atom is 0.222 e. The van der Waals surface area contributed by atoms with Gasteiger partial charge in [-0.1, -0.05) is 19.1 Å². The highest BCUT2D eigenvalue weighted by atomic mass is 32.2. The molecule has 6 nitrogen and oxygen atoms in total. The molecule has 0 bridgehead atoms. The van der Waals surface area contributed by atoms with Gasteiger partial charge in [0.2, 0.25) is 15.9 Å². The Hall–Kier alpha value is -1.60. The molecule has 1 saturated heterocycles. The van der Waals surface area contributed by atoms with Gasteiger partial charge in [0.05, 0.1) is 18.8 Å². The van der Waals surface area contributed by atoms with Gasteiger partial charge >= 0.3 is 0 Å². The number of sulfonamides is 1. The molecule has 0 aromatic heterocycles. The van der Waals surface area contributed by atoms with Crippen LogP contribution < -0.4 is 10.5 Å². The number of carbonyl (C=O) groups excluding carboxylic acids is 1. The van der Waals surface area contributed by atoms with Crippen molar-refractivity contribution < 1.29 is 17.9 Å². The Morgan fingerprint density at radius 2 is 2.14 bits per heavy atom. The molecule has 1 aliphatic rings. The van der Waals surface area contributed by atoms with Gasteiger partial charge in [0, 0.05) is 13.1 Å². The molecule has 7 heteroatoms. The summed E-state index contributed by atoms with van der Waals surface area (Å²) in [5.41, 5.74) is 5.96. The third-order valence-electron chi connectivity index (χ3n) is 3.82. The van der Waals surface area contributed by atoms with Crippen LogP contribution in [0.5, 0.6) is 5.75 Å². The first-order valence-electron chi connectivity index (χ1n) is 6.73. The van der Waals surface area contributed by atoms with E-state index >= 15 is 0 Å². The number of primary amides is 1.